The summed E-state index contributed by atoms with van der Waals surface area (Å²) in [6.45, 7) is 4.16. The molecule has 0 aliphatic rings. The Morgan fingerprint density at radius 1 is 1.19 bits per heavy atom. The maximum absolute atomic E-state index is 5.86. The van der Waals surface area contributed by atoms with Gasteiger partial charge >= 0.3 is 0 Å². The molecule has 2 aromatic carbocycles. The molecule has 0 bridgehead atoms. The Balaban J connectivity index is 2.25. The molecule has 108 valence electrons. The number of ether oxygens (including phenoxy) is 1. The molecular weight excluding hydrogens is 262 g/mol. The topological polar surface area (TPSA) is 53.1 Å². The van der Waals surface area contributed by atoms with Crippen molar-refractivity contribution in [2.24, 2.45) is 0 Å². The van der Waals surface area contributed by atoms with Gasteiger partial charge in [-0.15, -0.1) is 0 Å². The second-order valence-electron chi connectivity index (χ2n) is 5.12. The number of hydrogen-bond acceptors (Lipinski definition) is 3. The predicted molar refractivity (Wildman–Crippen MR) is 86.1 cm³/mol. The number of hydrogen-bond donors (Lipinski definition) is 1. The Kier molecular flexibility index (Phi) is 3.29. The third kappa shape index (κ3) is 2.23. The number of nitrogens with zero attached hydrogens (tertiary/aromatic N) is 2. The van der Waals surface area contributed by atoms with Gasteiger partial charge in [0.1, 0.15) is 11.6 Å². The Bertz CT molecular complexity index is 805. The molecule has 0 atom stereocenters. The first-order valence-corrected chi connectivity index (χ1v) is 7.06. The van der Waals surface area contributed by atoms with Gasteiger partial charge in [0.15, 0.2) is 0 Å². The molecule has 1 heterocycles. The fourth-order valence-electron chi connectivity index (χ4n) is 2.67. The molecule has 0 spiro atoms. The van der Waals surface area contributed by atoms with E-state index in [1.807, 2.05) is 31.2 Å². The average molecular weight is 281 g/mol. The molecule has 4 nitrogen and oxygen atoms in total. The molecule has 0 saturated heterocycles. The quantitative estimate of drug-likeness (QED) is 0.748. The van der Waals surface area contributed by atoms with E-state index in [-0.39, 0.29) is 0 Å². The maximum atomic E-state index is 5.86. The highest BCUT2D eigenvalue weighted by Crippen LogP contribution is 2.27. The number of nitrogen functional groups attached to an aromatic ring is 1. The predicted octanol–water partition coefficient (Wildman–Crippen LogP) is 3.49. The number of fused-ring (bicyclic) bond motifs is 1. The molecule has 3 rings (SSSR count). The molecule has 0 aliphatic carbocycles. The van der Waals surface area contributed by atoms with Gasteiger partial charge < -0.3 is 10.5 Å². The minimum absolute atomic E-state index is 0.737. The third-order valence-corrected chi connectivity index (χ3v) is 3.70. The van der Waals surface area contributed by atoms with Crippen molar-refractivity contribution >= 4 is 16.7 Å². The Labute approximate surface area is 124 Å². The summed E-state index contributed by atoms with van der Waals surface area (Å²) in [4.78, 5) is 4.69. The lowest BCUT2D eigenvalue weighted by Gasteiger charge is -2.11. The highest BCUT2D eigenvalue weighted by molar-refractivity contribution is 5.81. The van der Waals surface area contributed by atoms with Crippen LogP contribution in [0.5, 0.6) is 5.75 Å². The molecule has 0 saturated carbocycles. The lowest BCUT2D eigenvalue weighted by molar-refractivity contribution is 0.411. The second-order valence-corrected chi connectivity index (χ2v) is 5.12. The van der Waals surface area contributed by atoms with E-state index in [1.165, 1.54) is 0 Å². The highest BCUT2D eigenvalue weighted by Gasteiger charge is 2.12. The summed E-state index contributed by atoms with van der Waals surface area (Å²) >= 11 is 0. The molecule has 0 amide bonds. The molecule has 0 aliphatic heterocycles. The average Bonchev–Trinajstić information content (AvgIpc) is 2.84. The van der Waals surface area contributed by atoms with Crippen molar-refractivity contribution in [2.45, 2.75) is 20.3 Å². The summed E-state index contributed by atoms with van der Waals surface area (Å²) in [6, 6.07) is 12.0. The number of methoxy groups -OCH3 is 1. The van der Waals surface area contributed by atoms with Crippen LogP contribution < -0.4 is 10.5 Å². The summed E-state index contributed by atoms with van der Waals surface area (Å²) in [5, 5.41) is 0. The zero-order valence-corrected chi connectivity index (χ0v) is 12.6. The molecule has 3 aromatic rings. The van der Waals surface area contributed by atoms with Crippen LogP contribution in [0.15, 0.2) is 36.4 Å². The number of nitrogens with two attached hydrogens (primary N) is 1. The van der Waals surface area contributed by atoms with E-state index < -0.39 is 0 Å². The van der Waals surface area contributed by atoms with Crippen molar-refractivity contribution in [3.05, 3.63) is 47.8 Å². The van der Waals surface area contributed by atoms with Gasteiger partial charge in [-0.25, -0.2) is 4.98 Å². The standard InChI is InChI=1S/C17H19N3O/c1-4-17-19-14-10-12(18)5-7-15(14)20(17)13-6-8-16(21-3)11(2)9-13/h5-10H,4,18H2,1-3H3. The molecule has 4 heteroatoms. The Morgan fingerprint density at radius 3 is 2.67 bits per heavy atom. The molecule has 21 heavy (non-hydrogen) atoms. The van der Waals surface area contributed by atoms with Gasteiger partial charge in [-0.1, -0.05) is 6.92 Å². The first-order chi connectivity index (χ1) is 10.1. The van der Waals surface area contributed by atoms with E-state index in [1.54, 1.807) is 7.11 Å². The van der Waals surface area contributed by atoms with Crippen LogP contribution in [0.1, 0.15) is 18.3 Å². The monoisotopic (exact) mass is 281 g/mol. The summed E-state index contributed by atoms with van der Waals surface area (Å²) in [6.07, 6.45) is 0.861. The summed E-state index contributed by atoms with van der Waals surface area (Å²) in [5.74, 6) is 1.92. The van der Waals surface area contributed by atoms with Crippen molar-refractivity contribution in [3.63, 3.8) is 0 Å². The first-order valence-electron chi connectivity index (χ1n) is 7.06. The van der Waals surface area contributed by atoms with Gasteiger partial charge in [0.2, 0.25) is 0 Å². The van der Waals surface area contributed by atoms with Crippen LogP contribution in [0.2, 0.25) is 0 Å². The van der Waals surface area contributed by atoms with E-state index in [0.717, 1.165) is 46.0 Å². The van der Waals surface area contributed by atoms with Crippen molar-refractivity contribution in [2.75, 3.05) is 12.8 Å². The van der Waals surface area contributed by atoms with Crippen molar-refractivity contribution in [1.82, 2.24) is 9.55 Å². The second kappa shape index (κ2) is 5.13. The lowest BCUT2D eigenvalue weighted by Crippen LogP contribution is -2.01. The third-order valence-electron chi connectivity index (χ3n) is 3.70. The zero-order valence-electron chi connectivity index (χ0n) is 12.6. The first kappa shape index (κ1) is 13.5. The van der Waals surface area contributed by atoms with Crippen LogP contribution >= 0.6 is 0 Å². The fraction of sp³-hybridized carbons (Fsp3) is 0.235. The van der Waals surface area contributed by atoms with Crippen LogP contribution in [0.25, 0.3) is 16.7 Å². The van der Waals surface area contributed by atoms with Crippen LogP contribution in [0.4, 0.5) is 5.69 Å². The molecule has 0 radical (unpaired) electrons. The van der Waals surface area contributed by atoms with Crippen LogP contribution in [0.3, 0.4) is 0 Å². The molecular formula is C17H19N3O. The van der Waals surface area contributed by atoms with Crippen molar-refractivity contribution in [3.8, 4) is 11.4 Å². The van der Waals surface area contributed by atoms with Crippen molar-refractivity contribution < 1.29 is 4.74 Å². The van der Waals surface area contributed by atoms with E-state index in [2.05, 4.69) is 23.6 Å². The van der Waals surface area contributed by atoms with Gasteiger partial charge in [-0.2, -0.15) is 0 Å². The van der Waals surface area contributed by atoms with Crippen LogP contribution in [-0.2, 0) is 6.42 Å². The van der Waals surface area contributed by atoms with E-state index in [4.69, 9.17) is 15.5 Å². The molecule has 1 aromatic heterocycles. The summed E-state index contributed by atoms with van der Waals surface area (Å²) < 4.78 is 7.52. The number of benzene rings is 2. The molecule has 0 fully saturated rings. The van der Waals surface area contributed by atoms with Crippen LogP contribution in [-0.4, -0.2) is 16.7 Å². The van der Waals surface area contributed by atoms with E-state index in [9.17, 15) is 0 Å². The highest BCUT2D eigenvalue weighted by atomic mass is 16.5. The number of anilines is 1. The minimum atomic E-state index is 0.737. The van der Waals surface area contributed by atoms with E-state index >= 15 is 0 Å². The maximum Gasteiger partial charge on any atom is 0.121 e. The molecule has 2 N–H and O–H groups in total. The van der Waals surface area contributed by atoms with Gasteiger partial charge in [0.25, 0.3) is 0 Å². The lowest BCUT2D eigenvalue weighted by atomic mass is 10.2. The zero-order chi connectivity index (χ0) is 15.0. The number of aryl methyl sites for hydroxylation is 2. The SMILES string of the molecule is CCc1nc2cc(N)ccc2n1-c1ccc(OC)c(C)c1. The number of aromatic nitrogens is 2. The fourth-order valence-corrected chi connectivity index (χ4v) is 2.67. The minimum Gasteiger partial charge on any atom is -0.496 e. The summed E-state index contributed by atoms with van der Waals surface area (Å²) in [5.41, 5.74) is 10.8. The number of imidazole rings is 1. The van der Waals surface area contributed by atoms with Crippen LogP contribution in [0, 0.1) is 6.92 Å². The smallest absolute Gasteiger partial charge is 0.121 e. The molecule has 0 unspecified atom stereocenters. The van der Waals surface area contributed by atoms with E-state index in [0.29, 0.717) is 0 Å². The normalized spacial score (nSPS) is 11.0. The van der Waals surface area contributed by atoms with Gasteiger partial charge in [0, 0.05) is 17.8 Å². The summed E-state index contributed by atoms with van der Waals surface area (Å²) in [7, 11) is 1.69. The largest absolute Gasteiger partial charge is 0.496 e. The number of rotatable bonds is 3. The Morgan fingerprint density at radius 2 is 2.00 bits per heavy atom. The van der Waals surface area contributed by atoms with Gasteiger partial charge in [-0.05, 0) is 48.9 Å². The van der Waals surface area contributed by atoms with Gasteiger partial charge in [0.05, 0.1) is 18.1 Å². The van der Waals surface area contributed by atoms with Crippen molar-refractivity contribution in [1.29, 1.82) is 0 Å². The Hall–Kier alpha value is -2.49. The van der Waals surface area contributed by atoms with Gasteiger partial charge in [-0.3, -0.25) is 4.57 Å².